The number of hydrogen-bond donors (Lipinski definition) is 2. The second-order valence-corrected chi connectivity index (χ2v) is 6.49. The Bertz CT molecular complexity index is 1260. The average molecular weight is 369 g/mol. The fourth-order valence-corrected chi connectivity index (χ4v) is 3.06. The number of amides is 1. The number of carbonyl (C=O) groups excluding carboxylic acids is 1. The van der Waals surface area contributed by atoms with E-state index in [9.17, 15) is 4.79 Å². The first-order valence-corrected chi connectivity index (χ1v) is 8.75. The van der Waals surface area contributed by atoms with Crippen LogP contribution in [-0.4, -0.2) is 22.1 Å². The highest BCUT2D eigenvalue weighted by atomic mass is 16.4. The van der Waals surface area contributed by atoms with Crippen LogP contribution in [0.3, 0.4) is 0 Å². The van der Waals surface area contributed by atoms with Gasteiger partial charge in [-0.15, -0.1) is 0 Å². The molecule has 4 aromatic rings. The van der Waals surface area contributed by atoms with Crippen molar-refractivity contribution in [3.8, 4) is 0 Å². The van der Waals surface area contributed by atoms with Crippen molar-refractivity contribution in [3.05, 3.63) is 71.4 Å². The Morgan fingerprint density at radius 3 is 2.86 bits per heavy atom. The van der Waals surface area contributed by atoms with E-state index >= 15 is 0 Å². The highest BCUT2D eigenvalue weighted by Gasteiger charge is 2.23. The maximum absolute atomic E-state index is 12.4. The zero-order valence-corrected chi connectivity index (χ0v) is 14.9. The predicted molar refractivity (Wildman–Crippen MR) is 108 cm³/mol. The highest BCUT2D eigenvalue weighted by Crippen LogP contribution is 2.34. The van der Waals surface area contributed by atoms with E-state index < -0.39 is 0 Å². The van der Waals surface area contributed by atoms with Gasteiger partial charge < -0.3 is 9.73 Å². The SMILES string of the molecule is Cc1ccc2c(c1)C(=O)Nc1oc(N=Cc3ccc4ccccc4n3)nc1N2. The van der Waals surface area contributed by atoms with Gasteiger partial charge in [-0.05, 0) is 31.2 Å². The number of anilines is 3. The monoisotopic (exact) mass is 369 g/mol. The molecule has 7 heteroatoms. The van der Waals surface area contributed by atoms with E-state index in [2.05, 4.69) is 25.6 Å². The van der Waals surface area contributed by atoms with E-state index in [0.29, 0.717) is 22.8 Å². The zero-order chi connectivity index (χ0) is 19.1. The van der Waals surface area contributed by atoms with Crippen LogP contribution in [0.2, 0.25) is 0 Å². The Balaban J connectivity index is 1.45. The van der Waals surface area contributed by atoms with Crippen LogP contribution >= 0.6 is 0 Å². The lowest BCUT2D eigenvalue weighted by Crippen LogP contribution is -2.10. The van der Waals surface area contributed by atoms with Gasteiger partial charge in [0.15, 0.2) is 5.82 Å². The zero-order valence-electron chi connectivity index (χ0n) is 14.9. The Morgan fingerprint density at radius 2 is 1.93 bits per heavy atom. The number of benzene rings is 2. The number of pyridine rings is 1. The molecule has 0 radical (unpaired) electrons. The number of aliphatic imine (C=N–C) groups is 1. The maximum atomic E-state index is 12.4. The smallest absolute Gasteiger partial charge is 0.325 e. The normalized spacial score (nSPS) is 13.0. The molecule has 2 aromatic heterocycles. The number of carbonyl (C=O) groups is 1. The number of nitrogens with one attached hydrogen (secondary N) is 2. The number of para-hydroxylation sites is 1. The van der Waals surface area contributed by atoms with Gasteiger partial charge in [-0.3, -0.25) is 10.1 Å². The van der Waals surface area contributed by atoms with Crippen molar-refractivity contribution in [2.24, 2.45) is 4.99 Å². The van der Waals surface area contributed by atoms with Gasteiger partial charge in [-0.1, -0.05) is 35.9 Å². The molecule has 0 saturated heterocycles. The van der Waals surface area contributed by atoms with Crippen molar-refractivity contribution in [3.63, 3.8) is 0 Å². The molecule has 5 rings (SSSR count). The molecule has 0 aliphatic carbocycles. The van der Waals surface area contributed by atoms with Crippen LogP contribution in [0.25, 0.3) is 10.9 Å². The molecule has 28 heavy (non-hydrogen) atoms. The van der Waals surface area contributed by atoms with Gasteiger partial charge >= 0.3 is 6.01 Å². The number of aromatic nitrogens is 2. The van der Waals surface area contributed by atoms with Crippen LogP contribution < -0.4 is 10.6 Å². The number of hydrogen-bond acceptors (Lipinski definition) is 6. The summed E-state index contributed by atoms with van der Waals surface area (Å²) in [4.78, 5) is 25.6. The van der Waals surface area contributed by atoms with Crippen LogP contribution in [0.4, 0.5) is 23.4 Å². The van der Waals surface area contributed by atoms with Crippen LogP contribution in [0.1, 0.15) is 21.6 Å². The van der Waals surface area contributed by atoms with E-state index in [0.717, 1.165) is 16.5 Å². The average Bonchev–Trinajstić information content (AvgIpc) is 3.03. The number of rotatable bonds is 2. The third kappa shape index (κ3) is 2.88. The van der Waals surface area contributed by atoms with E-state index in [1.54, 1.807) is 6.21 Å². The number of fused-ring (bicyclic) bond motifs is 3. The minimum Gasteiger partial charge on any atom is -0.403 e. The lowest BCUT2D eigenvalue weighted by Gasteiger charge is -2.05. The molecule has 0 saturated carbocycles. The molecule has 1 aliphatic rings. The minimum absolute atomic E-state index is 0.128. The Morgan fingerprint density at radius 1 is 1.04 bits per heavy atom. The fraction of sp³-hybridized carbons (Fsp3) is 0.0476. The van der Waals surface area contributed by atoms with Crippen molar-refractivity contribution in [2.45, 2.75) is 6.92 Å². The van der Waals surface area contributed by atoms with Crippen molar-refractivity contribution >= 4 is 46.4 Å². The summed E-state index contributed by atoms with van der Waals surface area (Å²) in [6.45, 7) is 1.93. The summed E-state index contributed by atoms with van der Waals surface area (Å²) < 4.78 is 5.60. The number of aryl methyl sites for hydroxylation is 1. The highest BCUT2D eigenvalue weighted by molar-refractivity contribution is 6.11. The first-order chi connectivity index (χ1) is 13.7. The predicted octanol–water partition coefficient (Wildman–Crippen LogP) is 4.59. The van der Waals surface area contributed by atoms with E-state index in [1.165, 1.54) is 0 Å². The summed E-state index contributed by atoms with van der Waals surface area (Å²) in [5, 5.41) is 6.91. The minimum atomic E-state index is -0.257. The van der Waals surface area contributed by atoms with Crippen molar-refractivity contribution in [1.82, 2.24) is 9.97 Å². The Labute approximate surface area is 160 Å². The quantitative estimate of drug-likeness (QED) is 0.504. The summed E-state index contributed by atoms with van der Waals surface area (Å²) in [5.41, 5.74) is 3.77. The van der Waals surface area contributed by atoms with E-state index in [4.69, 9.17) is 4.42 Å². The maximum Gasteiger partial charge on any atom is 0.325 e. The summed E-state index contributed by atoms with van der Waals surface area (Å²) >= 11 is 0. The summed E-state index contributed by atoms with van der Waals surface area (Å²) in [7, 11) is 0. The molecule has 0 unspecified atom stereocenters. The standard InChI is InChI=1S/C21H15N5O2/c1-12-6-9-17-15(10-12)19(27)26-20-18(24-17)25-21(28-20)22-11-14-8-7-13-4-2-3-5-16(13)23-14/h2-11,24H,1H3,(H,26,27). The van der Waals surface area contributed by atoms with Crippen molar-refractivity contribution in [2.75, 3.05) is 10.6 Å². The van der Waals surface area contributed by atoms with Crippen molar-refractivity contribution < 1.29 is 9.21 Å². The van der Waals surface area contributed by atoms with E-state index in [-0.39, 0.29) is 17.8 Å². The first-order valence-electron chi connectivity index (χ1n) is 8.75. The lowest BCUT2D eigenvalue weighted by atomic mass is 10.1. The van der Waals surface area contributed by atoms with E-state index in [1.807, 2.05) is 61.5 Å². The van der Waals surface area contributed by atoms with Crippen LogP contribution in [-0.2, 0) is 0 Å². The number of nitrogens with zero attached hydrogens (tertiary/aromatic N) is 3. The molecule has 0 bridgehead atoms. The van der Waals surface area contributed by atoms with Crippen LogP contribution in [0.15, 0.2) is 64.0 Å². The topological polar surface area (TPSA) is 92.4 Å². The van der Waals surface area contributed by atoms with Gasteiger partial charge in [0, 0.05) is 5.39 Å². The lowest BCUT2D eigenvalue weighted by molar-refractivity contribution is 0.102. The van der Waals surface area contributed by atoms with Crippen molar-refractivity contribution in [1.29, 1.82) is 0 Å². The first kappa shape index (κ1) is 16.2. The van der Waals surface area contributed by atoms with Gasteiger partial charge in [0.2, 0.25) is 5.88 Å². The molecule has 136 valence electrons. The molecule has 2 aromatic carbocycles. The Kier molecular flexibility index (Phi) is 3.65. The molecular weight excluding hydrogens is 354 g/mol. The second-order valence-electron chi connectivity index (χ2n) is 6.49. The van der Waals surface area contributed by atoms with Gasteiger partial charge in [-0.2, -0.15) is 4.98 Å². The van der Waals surface area contributed by atoms with Gasteiger partial charge in [0.05, 0.1) is 28.7 Å². The second kappa shape index (κ2) is 6.31. The molecule has 7 nitrogen and oxygen atoms in total. The fourth-order valence-electron chi connectivity index (χ4n) is 3.06. The molecule has 1 amide bonds. The summed E-state index contributed by atoms with van der Waals surface area (Å²) in [5.74, 6) is 0.389. The molecule has 0 atom stereocenters. The molecular formula is C21H15N5O2. The molecule has 3 heterocycles. The molecule has 1 aliphatic heterocycles. The number of oxazole rings is 1. The molecule has 2 N–H and O–H groups in total. The molecule has 0 fully saturated rings. The molecule has 0 spiro atoms. The third-order valence-corrected chi connectivity index (χ3v) is 4.44. The Hall–Kier alpha value is -4.00. The van der Waals surface area contributed by atoms with Gasteiger partial charge in [0.25, 0.3) is 5.91 Å². The largest absolute Gasteiger partial charge is 0.403 e. The third-order valence-electron chi connectivity index (χ3n) is 4.44. The van der Waals surface area contributed by atoms with Gasteiger partial charge in [-0.25, -0.2) is 9.98 Å². The van der Waals surface area contributed by atoms with Gasteiger partial charge in [0.1, 0.15) is 0 Å². The summed E-state index contributed by atoms with van der Waals surface area (Å²) in [6.07, 6.45) is 1.58. The van der Waals surface area contributed by atoms with Crippen LogP contribution in [0, 0.1) is 6.92 Å². The van der Waals surface area contributed by atoms with Crippen LogP contribution in [0.5, 0.6) is 0 Å². The summed E-state index contributed by atoms with van der Waals surface area (Å²) in [6, 6.07) is 17.4.